The van der Waals surface area contributed by atoms with E-state index in [-0.39, 0.29) is 10.8 Å². The van der Waals surface area contributed by atoms with Gasteiger partial charge < -0.3 is 9.47 Å². The molecule has 0 fully saturated rings. The van der Waals surface area contributed by atoms with Gasteiger partial charge in [-0.2, -0.15) is 8.42 Å². The van der Waals surface area contributed by atoms with Crippen molar-refractivity contribution in [2.45, 2.75) is 18.7 Å². The van der Waals surface area contributed by atoms with Crippen LogP contribution < -0.4 is 4.74 Å². The summed E-state index contributed by atoms with van der Waals surface area (Å²) >= 11 is 0. The van der Waals surface area contributed by atoms with Gasteiger partial charge in [0.1, 0.15) is 5.75 Å². The lowest BCUT2D eigenvalue weighted by molar-refractivity contribution is 0.325. The lowest BCUT2D eigenvalue weighted by atomic mass is 10.3. The van der Waals surface area contributed by atoms with Crippen molar-refractivity contribution in [3.8, 4) is 5.75 Å². The maximum atomic E-state index is 11.8. The summed E-state index contributed by atoms with van der Waals surface area (Å²) in [6, 6.07) is 6.02. The van der Waals surface area contributed by atoms with E-state index in [0.717, 1.165) is 0 Å². The molecule has 0 bridgehead atoms. The van der Waals surface area contributed by atoms with Crippen LogP contribution in [0.2, 0.25) is 0 Å². The van der Waals surface area contributed by atoms with Crippen molar-refractivity contribution in [3.63, 3.8) is 0 Å². The van der Waals surface area contributed by atoms with Crippen molar-refractivity contribution in [1.29, 1.82) is 0 Å². The minimum atomic E-state index is -3.70. The van der Waals surface area contributed by atoms with E-state index in [1.165, 1.54) is 26.2 Å². The van der Waals surface area contributed by atoms with Gasteiger partial charge in [-0.05, 0) is 31.2 Å². The fraction of sp³-hybridized carbons (Fsp3) is 0.364. The van der Waals surface area contributed by atoms with Gasteiger partial charge in [0.05, 0.1) is 18.6 Å². The van der Waals surface area contributed by atoms with Crippen LogP contribution in [-0.4, -0.2) is 28.0 Å². The zero-order valence-electron chi connectivity index (χ0n) is 10.0. The SMILES string of the molecule is CCO/C(C)=N/S(=O)(=O)c1ccc(OC)cc1. The zero-order valence-corrected chi connectivity index (χ0v) is 10.8. The maximum Gasteiger partial charge on any atom is 0.285 e. The molecule has 0 amide bonds. The second-order valence-corrected chi connectivity index (χ2v) is 4.80. The molecule has 0 unspecified atom stereocenters. The molecule has 0 aliphatic carbocycles. The Balaban J connectivity index is 3.01. The molecule has 1 aromatic rings. The Morgan fingerprint density at radius 2 is 1.88 bits per heavy atom. The molecule has 0 aromatic heterocycles. The van der Waals surface area contributed by atoms with Gasteiger partial charge in [-0.3, -0.25) is 0 Å². The summed E-state index contributed by atoms with van der Waals surface area (Å²) in [4.78, 5) is 0.109. The highest BCUT2D eigenvalue weighted by atomic mass is 32.2. The number of methoxy groups -OCH3 is 1. The summed E-state index contributed by atoms with van der Waals surface area (Å²) in [6.07, 6.45) is 0. The fourth-order valence-electron chi connectivity index (χ4n) is 1.20. The summed E-state index contributed by atoms with van der Waals surface area (Å²) in [7, 11) is -2.18. The highest BCUT2D eigenvalue weighted by Crippen LogP contribution is 2.17. The molecular weight excluding hydrogens is 242 g/mol. The minimum Gasteiger partial charge on any atom is -0.497 e. The first kappa shape index (κ1) is 13.5. The second kappa shape index (κ2) is 5.67. The first-order valence-corrected chi connectivity index (χ1v) is 6.52. The van der Waals surface area contributed by atoms with Crippen LogP contribution in [-0.2, 0) is 14.8 Å². The number of rotatable bonds is 4. The van der Waals surface area contributed by atoms with Crippen molar-refractivity contribution in [2.75, 3.05) is 13.7 Å². The van der Waals surface area contributed by atoms with E-state index in [0.29, 0.717) is 12.4 Å². The standard InChI is InChI=1S/C11H15NO4S/c1-4-16-9(2)12-17(13,14)11-7-5-10(15-3)6-8-11/h5-8H,4H2,1-3H3/b12-9+. The molecule has 0 radical (unpaired) electrons. The van der Waals surface area contributed by atoms with Crippen LogP contribution in [0, 0.1) is 0 Å². The Labute approximate surface area is 101 Å². The molecule has 94 valence electrons. The average molecular weight is 257 g/mol. The van der Waals surface area contributed by atoms with Crippen LogP contribution in [0.1, 0.15) is 13.8 Å². The summed E-state index contributed by atoms with van der Waals surface area (Å²) in [5, 5.41) is 0. The first-order valence-electron chi connectivity index (χ1n) is 5.08. The van der Waals surface area contributed by atoms with Crippen molar-refractivity contribution in [2.24, 2.45) is 4.40 Å². The molecule has 6 heteroatoms. The van der Waals surface area contributed by atoms with Gasteiger partial charge in [0.25, 0.3) is 10.0 Å². The highest BCUT2D eigenvalue weighted by Gasteiger charge is 2.13. The molecule has 1 aromatic carbocycles. The molecule has 0 aliphatic heterocycles. The van der Waals surface area contributed by atoms with E-state index < -0.39 is 10.0 Å². The molecule has 5 nitrogen and oxygen atoms in total. The van der Waals surface area contributed by atoms with Gasteiger partial charge in [-0.15, -0.1) is 4.40 Å². The van der Waals surface area contributed by atoms with Gasteiger partial charge in [0, 0.05) is 6.92 Å². The second-order valence-electron chi connectivity index (χ2n) is 3.19. The van der Waals surface area contributed by atoms with Crippen molar-refractivity contribution < 1.29 is 17.9 Å². The van der Waals surface area contributed by atoms with Crippen LogP contribution in [0.3, 0.4) is 0 Å². The van der Waals surface area contributed by atoms with E-state index in [2.05, 4.69) is 4.40 Å². The zero-order chi connectivity index (χ0) is 12.9. The van der Waals surface area contributed by atoms with E-state index in [4.69, 9.17) is 9.47 Å². The number of hydrogen-bond acceptors (Lipinski definition) is 4. The third kappa shape index (κ3) is 3.74. The third-order valence-electron chi connectivity index (χ3n) is 1.96. The number of nitrogens with zero attached hydrogens (tertiary/aromatic N) is 1. The molecule has 0 spiro atoms. The molecule has 1 rings (SSSR count). The topological polar surface area (TPSA) is 65.0 Å². The van der Waals surface area contributed by atoms with E-state index in [9.17, 15) is 8.42 Å². The fourth-order valence-corrected chi connectivity index (χ4v) is 2.18. The monoisotopic (exact) mass is 257 g/mol. The molecule has 0 saturated heterocycles. The number of benzene rings is 1. The smallest absolute Gasteiger partial charge is 0.285 e. The number of sulfonamides is 1. The molecular formula is C11H15NO4S. The molecule has 0 N–H and O–H groups in total. The van der Waals surface area contributed by atoms with Gasteiger partial charge >= 0.3 is 0 Å². The van der Waals surface area contributed by atoms with Crippen LogP contribution in [0.5, 0.6) is 5.75 Å². The maximum absolute atomic E-state index is 11.8. The van der Waals surface area contributed by atoms with Gasteiger partial charge in [-0.25, -0.2) is 0 Å². The third-order valence-corrected chi connectivity index (χ3v) is 3.32. The largest absolute Gasteiger partial charge is 0.497 e. The Hall–Kier alpha value is -1.56. The lowest BCUT2D eigenvalue weighted by Crippen LogP contribution is -2.05. The summed E-state index contributed by atoms with van der Waals surface area (Å²) in [5.74, 6) is 0.720. The summed E-state index contributed by atoms with van der Waals surface area (Å²) in [5.41, 5.74) is 0. The van der Waals surface area contributed by atoms with E-state index >= 15 is 0 Å². The van der Waals surface area contributed by atoms with E-state index in [1.54, 1.807) is 19.1 Å². The summed E-state index contributed by atoms with van der Waals surface area (Å²) in [6.45, 7) is 3.65. The van der Waals surface area contributed by atoms with Crippen LogP contribution >= 0.6 is 0 Å². The predicted molar refractivity (Wildman–Crippen MR) is 64.9 cm³/mol. The molecule has 17 heavy (non-hydrogen) atoms. The molecule has 0 heterocycles. The van der Waals surface area contributed by atoms with Crippen LogP contribution in [0.4, 0.5) is 0 Å². The molecule has 0 aliphatic rings. The van der Waals surface area contributed by atoms with Crippen molar-refractivity contribution >= 4 is 15.9 Å². The Morgan fingerprint density at radius 3 is 2.35 bits per heavy atom. The average Bonchev–Trinajstić information content (AvgIpc) is 2.28. The first-order chi connectivity index (χ1) is 7.99. The lowest BCUT2D eigenvalue weighted by Gasteiger charge is -2.03. The number of hydrogen-bond donors (Lipinski definition) is 0. The molecule has 0 saturated carbocycles. The normalized spacial score (nSPS) is 12.3. The van der Waals surface area contributed by atoms with Crippen LogP contribution in [0.15, 0.2) is 33.6 Å². The Morgan fingerprint density at radius 1 is 1.29 bits per heavy atom. The Bertz CT molecular complexity index is 491. The quantitative estimate of drug-likeness (QED) is 0.610. The van der Waals surface area contributed by atoms with Crippen LogP contribution in [0.25, 0.3) is 0 Å². The van der Waals surface area contributed by atoms with Gasteiger partial charge in [-0.1, -0.05) is 0 Å². The predicted octanol–water partition coefficient (Wildman–Crippen LogP) is 1.84. The number of ether oxygens (including phenoxy) is 2. The minimum absolute atomic E-state index is 0.109. The van der Waals surface area contributed by atoms with Crippen molar-refractivity contribution in [1.82, 2.24) is 0 Å². The van der Waals surface area contributed by atoms with Gasteiger partial charge in [0.15, 0.2) is 5.90 Å². The van der Waals surface area contributed by atoms with Crippen molar-refractivity contribution in [3.05, 3.63) is 24.3 Å². The molecule has 0 atom stereocenters. The Kier molecular flexibility index (Phi) is 4.51. The highest BCUT2D eigenvalue weighted by molar-refractivity contribution is 7.90. The summed E-state index contributed by atoms with van der Waals surface area (Å²) < 4.78 is 37.1. The van der Waals surface area contributed by atoms with E-state index in [1.807, 2.05) is 0 Å². The van der Waals surface area contributed by atoms with Gasteiger partial charge in [0.2, 0.25) is 0 Å².